The van der Waals surface area contributed by atoms with E-state index >= 15 is 0 Å². The molecule has 2 atom stereocenters. The highest BCUT2D eigenvalue weighted by molar-refractivity contribution is 5.68. The standard InChI is InChI=1S/C25H25F6NO3/c26-24(27,28)18-6-7-22(25(29,30)31)17(10-18)13-32-9-8-20(14-32)35-19-3-1-2-16(11-19)21(12-23(33)34)15-4-5-15/h1-3,6-7,10-11,15,20-21H,4-5,8-9,12-14H2,(H,33,34)/t20?,21-/m0/s1. The first-order valence-corrected chi connectivity index (χ1v) is 11.4. The SMILES string of the molecule is O=C(O)C[C@H](c1cccc(OC2CCN(Cc3cc(C(F)(F)F)ccc3C(F)(F)F)C2)c1)C1CC1. The zero-order valence-corrected chi connectivity index (χ0v) is 18.7. The Hall–Kier alpha value is -2.75. The van der Waals surface area contributed by atoms with Crippen molar-refractivity contribution in [3.8, 4) is 5.75 Å². The van der Waals surface area contributed by atoms with Crippen LogP contribution < -0.4 is 4.74 Å². The normalized spacial score (nSPS) is 20.1. The summed E-state index contributed by atoms with van der Waals surface area (Å²) in [6.45, 7) is 0.363. The van der Waals surface area contributed by atoms with Crippen LogP contribution in [0, 0.1) is 5.92 Å². The van der Waals surface area contributed by atoms with Crippen molar-refractivity contribution in [3.05, 3.63) is 64.7 Å². The third-order valence-corrected chi connectivity index (χ3v) is 6.54. The molecule has 1 saturated carbocycles. The number of aliphatic carboxylic acids is 1. The number of carboxylic acid groups (broad SMARTS) is 1. The molecule has 1 aliphatic heterocycles. The number of carboxylic acids is 1. The van der Waals surface area contributed by atoms with Gasteiger partial charge in [-0.2, -0.15) is 26.3 Å². The zero-order chi connectivity index (χ0) is 25.4. The summed E-state index contributed by atoms with van der Waals surface area (Å²) in [7, 11) is 0. The van der Waals surface area contributed by atoms with Gasteiger partial charge >= 0.3 is 18.3 Å². The van der Waals surface area contributed by atoms with E-state index in [9.17, 15) is 36.2 Å². The molecule has 0 radical (unpaired) electrons. The highest BCUT2D eigenvalue weighted by Crippen LogP contribution is 2.45. The van der Waals surface area contributed by atoms with Crippen molar-refractivity contribution in [2.45, 2.75) is 56.6 Å². The summed E-state index contributed by atoms with van der Waals surface area (Å²) in [5.74, 6) is -0.0932. The fourth-order valence-corrected chi connectivity index (χ4v) is 4.71. The zero-order valence-electron chi connectivity index (χ0n) is 18.7. The average Bonchev–Trinajstić information content (AvgIpc) is 3.51. The lowest BCUT2D eigenvalue weighted by Gasteiger charge is -2.21. The number of alkyl halides is 6. The summed E-state index contributed by atoms with van der Waals surface area (Å²) >= 11 is 0. The molecule has 1 saturated heterocycles. The molecule has 0 amide bonds. The number of ether oxygens (including phenoxy) is 1. The number of benzene rings is 2. The Morgan fingerprint density at radius 3 is 2.40 bits per heavy atom. The van der Waals surface area contributed by atoms with Gasteiger partial charge in [-0.25, -0.2) is 0 Å². The van der Waals surface area contributed by atoms with Gasteiger partial charge in [-0.05, 0) is 72.6 Å². The molecule has 35 heavy (non-hydrogen) atoms. The quantitative estimate of drug-likeness (QED) is 0.429. The van der Waals surface area contributed by atoms with Crippen LogP contribution in [0.3, 0.4) is 0 Å². The van der Waals surface area contributed by atoms with E-state index < -0.39 is 35.0 Å². The monoisotopic (exact) mass is 501 g/mol. The Kier molecular flexibility index (Phi) is 7.04. The second-order valence-electron chi connectivity index (χ2n) is 9.25. The van der Waals surface area contributed by atoms with Gasteiger partial charge in [0.1, 0.15) is 11.9 Å². The van der Waals surface area contributed by atoms with Gasteiger partial charge in [-0.1, -0.05) is 12.1 Å². The van der Waals surface area contributed by atoms with Crippen LogP contribution in [-0.4, -0.2) is 35.2 Å². The molecule has 2 aromatic carbocycles. The smallest absolute Gasteiger partial charge is 0.416 e. The maximum Gasteiger partial charge on any atom is 0.416 e. The van der Waals surface area contributed by atoms with Crippen molar-refractivity contribution in [2.24, 2.45) is 5.92 Å². The van der Waals surface area contributed by atoms with Gasteiger partial charge in [0, 0.05) is 19.6 Å². The summed E-state index contributed by atoms with van der Waals surface area (Å²) in [6, 6.07) is 8.71. The topological polar surface area (TPSA) is 49.8 Å². The van der Waals surface area contributed by atoms with Gasteiger partial charge in [-0.3, -0.25) is 9.69 Å². The van der Waals surface area contributed by atoms with Gasteiger partial charge in [-0.15, -0.1) is 0 Å². The van der Waals surface area contributed by atoms with E-state index in [4.69, 9.17) is 4.74 Å². The molecule has 0 spiro atoms. The van der Waals surface area contributed by atoms with E-state index in [0.29, 0.717) is 42.8 Å². The number of nitrogens with zero attached hydrogens (tertiary/aromatic N) is 1. The summed E-state index contributed by atoms with van der Waals surface area (Å²) in [5, 5.41) is 9.23. The predicted octanol–water partition coefficient (Wildman–Crippen LogP) is 6.35. The molecule has 1 heterocycles. The minimum atomic E-state index is -4.76. The van der Waals surface area contributed by atoms with Crippen LogP contribution in [0.1, 0.15) is 53.9 Å². The van der Waals surface area contributed by atoms with Gasteiger partial charge < -0.3 is 9.84 Å². The minimum Gasteiger partial charge on any atom is -0.489 e. The van der Waals surface area contributed by atoms with Crippen molar-refractivity contribution < 1.29 is 41.0 Å². The summed E-state index contributed by atoms with van der Waals surface area (Å²) in [5.41, 5.74) is -1.74. The van der Waals surface area contributed by atoms with Crippen molar-refractivity contribution in [1.29, 1.82) is 0 Å². The van der Waals surface area contributed by atoms with Crippen LogP contribution in [0.5, 0.6) is 5.75 Å². The molecule has 4 nitrogen and oxygen atoms in total. The van der Waals surface area contributed by atoms with Crippen LogP contribution in [0.4, 0.5) is 26.3 Å². The maximum absolute atomic E-state index is 13.4. The fraction of sp³-hybridized carbons (Fsp3) is 0.480. The van der Waals surface area contributed by atoms with E-state index in [2.05, 4.69) is 0 Å². The number of hydrogen-bond acceptors (Lipinski definition) is 3. The number of hydrogen-bond donors (Lipinski definition) is 1. The summed E-state index contributed by atoms with van der Waals surface area (Å²) < 4.78 is 85.5. The van der Waals surface area contributed by atoms with Crippen molar-refractivity contribution in [3.63, 3.8) is 0 Å². The first-order valence-electron chi connectivity index (χ1n) is 11.4. The van der Waals surface area contributed by atoms with Gasteiger partial charge in [0.25, 0.3) is 0 Å². The maximum atomic E-state index is 13.4. The molecule has 1 N–H and O–H groups in total. The van der Waals surface area contributed by atoms with Crippen LogP contribution >= 0.6 is 0 Å². The molecule has 0 aromatic heterocycles. The molecule has 190 valence electrons. The van der Waals surface area contributed by atoms with Gasteiger partial charge in [0.05, 0.1) is 17.5 Å². The molecule has 2 aliphatic rings. The molecule has 2 aromatic rings. The fourth-order valence-electron chi connectivity index (χ4n) is 4.71. The number of likely N-dealkylation sites (tertiary alicyclic amines) is 1. The highest BCUT2D eigenvalue weighted by Gasteiger charge is 2.38. The van der Waals surface area contributed by atoms with E-state index in [-0.39, 0.29) is 31.5 Å². The Balaban J connectivity index is 1.44. The lowest BCUT2D eigenvalue weighted by molar-refractivity contribution is -0.142. The van der Waals surface area contributed by atoms with Crippen molar-refractivity contribution in [1.82, 2.24) is 4.90 Å². The van der Waals surface area contributed by atoms with Crippen LogP contribution in [0.25, 0.3) is 0 Å². The minimum absolute atomic E-state index is 0.0316. The molecule has 0 bridgehead atoms. The molecular formula is C25H25F6NO3. The lowest BCUT2D eigenvalue weighted by Crippen LogP contribution is -2.26. The summed E-state index contributed by atoms with van der Waals surface area (Å²) in [6.07, 6.45) is -7.34. The molecule has 2 fully saturated rings. The highest BCUT2D eigenvalue weighted by atomic mass is 19.4. The molecular weight excluding hydrogens is 476 g/mol. The Morgan fingerprint density at radius 2 is 1.77 bits per heavy atom. The average molecular weight is 501 g/mol. The Morgan fingerprint density at radius 1 is 1.03 bits per heavy atom. The first-order chi connectivity index (χ1) is 16.4. The largest absolute Gasteiger partial charge is 0.489 e. The van der Waals surface area contributed by atoms with Crippen molar-refractivity contribution in [2.75, 3.05) is 13.1 Å². The molecule has 10 heteroatoms. The van der Waals surface area contributed by atoms with Crippen LogP contribution in [-0.2, 0) is 23.7 Å². The van der Waals surface area contributed by atoms with E-state index in [0.717, 1.165) is 18.4 Å². The van der Waals surface area contributed by atoms with E-state index in [1.807, 2.05) is 12.1 Å². The van der Waals surface area contributed by atoms with Crippen LogP contribution in [0.2, 0.25) is 0 Å². The molecule has 4 rings (SSSR count). The number of rotatable bonds is 8. The number of carbonyl (C=O) groups is 1. The van der Waals surface area contributed by atoms with Crippen LogP contribution in [0.15, 0.2) is 42.5 Å². The van der Waals surface area contributed by atoms with E-state index in [1.54, 1.807) is 17.0 Å². The Labute approximate surface area is 198 Å². The van der Waals surface area contributed by atoms with Crippen molar-refractivity contribution >= 4 is 5.97 Å². The number of halogens is 6. The molecule has 1 unspecified atom stereocenters. The van der Waals surface area contributed by atoms with Gasteiger partial charge in [0.2, 0.25) is 0 Å². The third kappa shape index (κ3) is 6.48. The van der Waals surface area contributed by atoms with Gasteiger partial charge in [0.15, 0.2) is 0 Å². The lowest BCUT2D eigenvalue weighted by atomic mass is 9.91. The second-order valence-corrected chi connectivity index (χ2v) is 9.25. The van der Waals surface area contributed by atoms with E-state index in [1.165, 1.54) is 0 Å². The predicted molar refractivity (Wildman–Crippen MR) is 115 cm³/mol. The second kappa shape index (κ2) is 9.72. The first kappa shape index (κ1) is 25.3. The molecule has 1 aliphatic carbocycles. The summed E-state index contributed by atoms with van der Waals surface area (Å²) in [4.78, 5) is 12.9. The third-order valence-electron chi connectivity index (χ3n) is 6.54. The Bertz CT molecular complexity index is 1060.